The molecule has 10 nitrogen and oxygen atoms in total. The third kappa shape index (κ3) is 4.22. The van der Waals surface area contributed by atoms with Crippen molar-refractivity contribution in [1.82, 2.24) is 10.6 Å². The maximum Gasteiger partial charge on any atom is 0.408 e. The van der Waals surface area contributed by atoms with Crippen LogP contribution in [0.15, 0.2) is 24.3 Å². The third-order valence-corrected chi connectivity index (χ3v) is 3.13. The van der Waals surface area contributed by atoms with E-state index in [-0.39, 0.29) is 13.2 Å². The second kappa shape index (κ2) is 7.29. The van der Waals surface area contributed by atoms with Gasteiger partial charge in [-0.1, -0.05) is 12.1 Å². The number of methoxy groups -OCH3 is 1. The highest BCUT2D eigenvalue weighted by molar-refractivity contribution is 5.88. The zero-order valence-corrected chi connectivity index (χ0v) is 12.2. The van der Waals surface area contributed by atoms with E-state index < -0.39 is 29.2 Å². The molecule has 23 heavy (non-hydrogen) atoms. The number of amides is 2. The van der Waals surface area contributed by atoms with E-state index in [0.29, 0.717) is 11.3 Å². The summed E-state index contributed by atoms with van der Waals surface area (Å²) in [5.74, 6) is 0.104. The van der Waals surface area contributed by atoms with Crippen molar-refractivity contribution in [2.45, 2.75) is 12.1 Å². The molecule has 0 aliphatic carbocycles. The standard InChI is InChI=1S/C13H15N3O7/c1-21-9-4-2-8(3-5-9)11-10(15-13(18)23-11)12(17)14-6-7-22-16(19)20/h2-5,10-11H,6-7H2,1H3,(H,14,17)(H,15,18). The van der Waals surface area contributed by atoms with Crippen LogP contribution in [0, 0.1) is 10.1 Å². The Morgan fingerprint density at radius 2 is 2.13 bits per heavy atom. The van der Waals surface area contributed by atoms with E-state index in [0.717, 1.165) is 0 Å². The summed E-state index contributed by atoms with van der Waals surface area (Å²) in [5.41, 5.74) is 0.617. The normalized spacial score (nSPS) is 19.4. The van der Waals surface area contributed by atoms with Crippen molar-refractivity contribution < 1.29 is 29.0 Å². The minimum atomic E-state index is -0.952. The lowest BCUT2D eigenvalue weighted by atomic mass is 10.0. The van der Waals surface area contributed by atoms with Crippen LogP contribution >= 0.6 is 0 Å². The van der Waals surface area contributed by atoms with Crippen LogP contribution < -0.4 is 15.4 Å². The average Bonchev–Trinajstić information content (AvgIpc) is 2.93. The number of benzene rings is 1. The molecule has 1 heterocycles. The van der Waals surface area contributed by atoms with Crippen molar-refractivity contribution >= 4 is 12.0 Å². The Kier molecular flexibility index (Phi) is 5.18. The summed E-state index contributed by atoms with van der Waals surface area (Å²) in [6.45, 7) is -0.352. The number of hydrogen-bond acceptors (Lipinski definition) is 7. The van der Waals surface area contributed by atoms with Gasteiger partial charge in [0.2, 0.25) is 5.91 Å². The van der Waals surface area contributed by atoms with Crippen LogP contribution in [0.1, 0.15) is 11.7 Å². The fourth-order valence-electron chi connectivity index (χ4n) is 2.08. The van der Waals surface area contributed by atoms with E-state index in [2.05, 4.69) is 15.5 Å². The largest absolute Gasteiger partial charge is 0.497 e. The zero-order chi connectivity index (χ0) is 16.8. The molecule has 124 valence electrons. The van der Waals surface area contributed by atoms with Gasteiger partial charge in [-0.05, 0) is 17.7 Å². The third-order valence-electron chi connectivity index (χ3n) is 3.13. The minimum absolute atomic E-state index is 0.0679. The van der Waals surface area contributed by atoms with E-state index in [1.54, 1.807) is 24.3 Å². The van der Waals surface area contributed by atoms with E-state index in [1.807, 2.05) is 0 Å². The Morgan fingerprint density at radius 3 is 2.74 bits per heavy atom. The molecule has 1 aromatic carbocycles. The fourth-order valence-corrected chi connectivity index (χ4v) is 2.08. The summed E-state index contributed by atoms with van der Waals surface area (Å²) in [7, 11) is 1.52. The van der Waals surface area contributed by atoms with Gasteiger partial charge in [0, 0.05) is 6.54 Å². The van der Waals surface area contributed by atoms with Crippen molar-refractivity contribution in [3.8, 4) is 5.75 Å². The molecule has 2 amide bonds. The Hall–Kier alpha value is -3.04. The lowest BCUT2D eigenvalue weighted by Crippen LogP contribution is -2.44. The number of carbonyl (C=O) groups excluding carboxylic acids is 2. The highest BCUT2D eigenvalue weighted by Gasteiger charge is 2.40. The molecular formula is C13H15N3O7. The van der Waals surface area contributed by atoms with Gasteiger partial charge >= 0.3 is 6.09 Å². The summed E-state index contributed by atoms with van der Waals surface area (Å²) in [4.78, 5) is 37.6. The first-order chi connectivity index (χ1) is 11.0. The molecule has 0 aromatic heterocycles. The van der Waals surface area contributed by atoms with Crippen molar-refractivity contribution in [2.75, 3.05) is 20.3 Å². The molecule has 2 N–H and O–H groups in total. The van der Waals surface area contributed by atoms with Gasteiger partial charge in [-0.15, -0.1) is 10.1 Å². The van der Waals surface area contributed by atoms with E-state index >= 15 is 0 Å². The number of ether oxygens (including phenoxy) is 2. The summed E-state index contributed by atoms with van der Waals surface area (Å²) in [6, 6.07) is 5.79. The number of cyclic esters (lactones) is 1. The van der Waals surface area contributed by atoms with E-state index in [4.69, 9.17) is 9.47 Å². The number of alkyl carbamates (subject to hydrolysis) is 1. The van der Waals surface area contributed by atoms with Crippen LogP contribution in [0.5, 0.6) is 5.75 Å². The molecule has 0 spiro atoms. The summed E-state index contributed by atoms with van der Waals surface area (Å²) in [6.07, 6.45) is -1.52. The second-order valence-corrected chi connectivity index (χ2v) is 4.57. The lowest BCUT2D eigenvalue weighted by molar-refractivity contribution is -0.757. The molecule has 10 heteroatoms. The Morgan fingerprint density at radius 1 is 1.43 bits per heavy atom. The predicted octanol–water partition coefficient (Wildman–Crippen LogP) is 0.169. The number of hydrogen-bond donors (Lipinski definition) is 2. The summed E-state index contributed by atoms with van der Waals surface area (Å²) < 4.78 is 10.1. The Labute approximate surface area is 130 Å². The highest BCUT2D eigenvalue weighted by Crippen LogP contribution is 2.27. The molecule has 2 rings (SSSR count). The lowest BCUT2D eigenvalue weighted by Gasteiger charge is -2.17. The molecule has 0 bridgehead atoms. The Balaban J connectivity index is 1.99. The van der Waals surface area contributed by atoms with Crippen molar-refractivity contribution in [3.63, 3.8) is 0 Å². The fraction of sp³-hybridized carbons (Fsp3) is 0.385. The molecular weight excluding hydrogens is 310 g/mol. The predicted molar refractivity (Wildman–Crippen MR) is 75.1 cm³/mol. The smallest absolute Gasteiger partial charge is 0.408 e. The highest BCUT2D eigenvalue weighted by atomic mass is 16.9. The van der Waals surface area contributed by atoms with Crippen LogP contribution in [0.25, 0.3) is 0 Å². The molecule has 1 fully saturated rings. The van der Waals surface area contributed by atoms with Gasteiger partial charge in [0.1, 0.15) is 12.4 Å². The van der Waals surface area contributed by atoms with Crippen LogP contribution in [0.2, 0.25) is 0 Å². The number of nitrogens with one attached hydrogen (secondary N) is 2. The minimum Gasteiger partial charge on any atom is -0.497 e. The molecule has 2 atom stereocenters. The van der Waals surface area contributed by atoms with Gasteiger partial charge in [0.25, 0.3) is 5.09 Å². The molecule has 1 saturated heterocycles. The van der Waals surface area contributed by atoms with Gasteiger partial charge in [-0.25, -0.2) is 4.79 Å². The first-order valence-electron chi connectivity index (χ1n) is 6.67. The molecule has 1 aliphatic heterocycles. The van der Waals surface area contributed by atoms with Crippen molar-refractivity contribution in [2.24, 2.45) is 0 Å². The summed E-state index contributed by atoms with van der Waals surface area (Å²) in [5, 5.41) is 13.9. The number of nitrogens with zero attached hydrogens (tertiary/aromatic N) is 1. The maximum atomic E-state index is 12.1. The van der Waals surface area contributed by atoms with E-state index in [9.17, 15) is 19.7 Å². The monoisotopic (exact) mass is 325 g/mol. The van der Waals surface area contributed by atoms with E-state index in [1.165, 1.54) is 7.11 Å². The van der Waals surface area contributed by atoms with Crippen molar-refractivity contribution in [3.05, 3.63) is 39.9 Å². The van der Waals surface area contributed by atoms with Crippen LogP contribution in [-0.4, -0.2) is 43.4 Å². The van der Waals surface area contributed by atoms with Gasteiger partial charge in [0.05, 0.1) is 7.11 Å². The number of rotatable bonds is 7. The molecule has 0 saturated carbocycles. The molecule has 0 radical (unpaired) electrons. The van der Waals surface area contributed by atoms with Crippen molar-refractivity contribution in [1.29, 1.82) is 0 Å². The molecule has 1 aromatic rings. The first kappa shape index (κ1) is 16.3. The van der Waals surface area contributed by atoms with Crippen LogP contribution in [0.4, 0.5) is 4.79 Å². The second-order valence-electron chi connectivity index (χ2n) is 4.57. The molecule has 2 unspecified atom stereocenters. The van der Waals surface area contributed by atoms with Crippen LogP contribution in [-0.2, 0) is 14.4 Å². The van der Waals surface area contributed by atoms with Gasteiger partial charge in [-0.2, -0.15) is 0 Å². The first-order valence-corrected chi connectivity index (χ1v) is 6.67. The maximum absolute atomic E-state index is 12.1. The SMILES string of the molecule is COc1ccc(C2OC(=O)NC2C(=O)NCCO[N+](=O)[O-])cc1. The topological polar surface area (TPSA) is 129 Å². The number of carbonyl (C=O) groups is 2. The van der Waals surface area contributed by atoms with Gasteiger partial charge in [-0.3, -0.25) is 4.79 Å². The van der Waals surface area contributed by atoms with Gasteiger partial charge < -0.3 is 24.9 Å². The summed E-state index contributed by atoms with van der Waals surface area (Å²) >= 11 is 0. The zero-order valence-electron chi connectivity index (χ0n) is 12.2. The molecule has 1 aliphatic rings. The van der Waals surface area contributed by atoms with Crippen LogP contribution in [0.3, 0.4) is 0 Å². The Bertz CT molecular complexity index is 590. The quantitative estimate of drug-likeness (QED) is 0.415. The van der Waals surface area contributed by atoms with Gasteiger partial charge in [0.15, 0.2) is 12.1 Å². The average molecular weight is 325 g/mol.